The van der Waals surface area contributed by atoms with Crippen LogP contribution in [-0.4, -0.2) is 36.1 Å². The van der Waals surface area contributed by atoms with Crippen LogP contribution in [0.4, 0.5) is 0 Å². The Morgan fingerprint density at radius 1 is 0.973 bits per heavy atom. The molecule has 0 amide bonds. The van der Waals surface area contributed by atoms with Gasteiger partial charge in [-0.15, -0.1) is 0 Å². The average Bonchev–Trinajstić information content (AvgIpc) is 3.08. The van der Waals surface area contributed by atoms with Crippen LogP contribution in [0.3, 0.4) is 0 Å². The van der Waals surface area contributed by atoms with Crippen LogP contribution in [0.25, 0.3) is 0 Å². The van der Waals surface area contributed by atoms with Crippen LogP contribution in [0, 0.1) is 11.8 Å². The Kier molecular flexibility index (Phi) is 8.81. The minimum absolute atomic E-state index is 0.0813. The number of Topliss-reactive ketones (excluding diaryl/α,β-unsaturated/α-hetero) is 1. The van der Waals surface area contributed by atoms with E-state index in [4.69, 9.17) is 13.6 Å². The lowest BCUT2D eigenvalue weighted by molar-refractivity contribution is -0.115. The van der Waals surface area contributed by atoms with E-state index in [-0.39, 0.29) is 22.1 Å². The quantitative estimate of drug-likeness (QED) is 0.292. The number of allylic oxidation sites excluding steroid dienone is 1. The molecule has 0 radical (unpaired) electrons. The van der Waals surface area contributed by atoms with Crippen molar-refractivity contribution in [2.45, 2.75) is 117 Å². The molecule has 0 aromatic heterocycles. The van der Waals surface area contributed by atoms with E-state index in [1.807, 2.05) is 6.07 Å². The van der Waals surface area contributed by atoms with E-state index in [0.717, 1.165) is 37.2 Å². The topological polar surface area (TPSA) is 44.8 Å². The van der Waals surface area contributed by atoms with Gasteiger partial charge in [0.15, 0.2) is 22.4 Å². The molecule has 0 saturated heterocycles. The molecule has 6 heteroatoms. The van der Waals surface area contributed by atoms with Crippen LogP contribution >= 0.6 is 0 Å². The zero-order chi connectivity index (χ0) is 28.0. The van der Waals surface area contributed by atoms with Gasteiger partial charge in [-0.05, 0) is 90.1 Å². The molecule has 0 saturated carbocycles. The fourth-order valence-electron chi connectivity index (χ4n) is 4.99. The minimum atomic E-state index is -2.10. The fraction of sp³-hybridized carbons (Fsp3) is 0.710. The molecule has 208 valence electrons. The van der Waals surface area contributed by atoms with Crippen LogP contribution in [-0.2, 0) is 20.1 Å². The van der Waals surface area contributed by atoms with Crippen LogP contribution in [0.2, 0.25) is 36.3 Å². The molecule has 3 rings (SSSR count). The molecule has 1 aromatic rings. The van der Waals surface area contributed by atoms with E-state index in [0.29, 0.717) is 18.1 Å². The number of methoxy groups -OCH3 is 1. The summed E-state index contributed by atoms with van der Waals surface area (Å²) in [5, 5.41) is 0.286. The highest BCUT2D eigenvalue weighted by atomic mass is 28.4. The van der Waals surface area contributed by atoms with Crippen molar-refractivity contribution in [3.8, 4) is 5.75 Å². The molecular formula is C31H52O4Si2. The molecule has 0 spiro atoms. The third-order valence-electron chi connectivity index (χ3n) is 9.60. The molecule has 0 bridgehead atoms. The lowest BCUT2D eigenvalue weighted by Gasteiger charge is -2.43. The molecule has 1 aromatic carbocycles. The van der Waals surface area contributed by atoms with Crippen LogP contribution < -0.4 is 4.74 Å². The van der Waals surface area contributed by atoms with Gasteiger partial charge in [0.2, 0.25) is 0 Å². The molecule has 0 aliphatic heterocycles. The SMILES string of the molecule is COc1cccc2c1C[C@H]1CC(=O)C(CC[C@@H](C)CO[Si](C)(C)C(C)(C)C)=C1[C@@H]2O[Si](C)(C)C(C)(C)C. The number of fused-ring (bicyclic) bond motifs is 2. The summed E-state index contributed by atoms with van der Waals surface area (Å²) < 4.78 is 19.4. The normalized spacial score (nSPS) is 21.7. The minimum Gasteiger partial charge on any atom is -0.496 e. The molecule has 0 N–H and O–H groups in total. The third-order valence-corrected chi connectivity index (χ3v) is 18.5. The Balaban J connectivity index is 1.92. The Hall–Kier alpha value is -1.22. The first kappa shape index (κ1) is 30.3. The second-order valence-corrected chi connectivity index (χ2v) is 24.0. The van der Waals surface area contributed by atoms with Gasteiger partial charge < -0.3 is 13.6 Å². The lowest BCUT2D eigenvalue weighted by Crippen LogP contribution is -2.43. The van der Waals surface area contributed by atoms with E-state index in [1.165, 1.54) is 16.7 Å². The van der Waals surface area contributed by atoms with E-state index in [1.54, 1.807) is 7.11 Å². The van der Waals surface area contributed by atoms with Gasteiger partial charge in [0.1, 0.15) is 5.75 Å². The maximum atomic E-state index is 13.5. The predicted molar refractivity (Wildman–Crippen MR) is 159 cm³/mol. The number of hydrogen-bond donors (Lipinski definition) is 0. The average molecular weight is 545 g/mol. The zero-order valence-corrected chi connectivity index (χ0v) is 27.6. The van der Waals surface area contributed by atoms with Crippen molar-refractivity contribution < 1.29 is 18.4 Å². The van der Waals surface area contributed by atoms with Gasteiger partial charge in [0, 0.05) is 18.6 Å². The first-order valence-corrected chi connectivity index (χ1v) is 19.9. The number of rotatable bonds is 9. The number of carbonyl (C=O) groups is 1. The van der Waals surface area contributed by atoms with Crippen LogP contribution in [0.15, 0.2) is 29.3 Å². The summed E-state index contributed by atoms with van der Waals surface area (Å²) in [5.74, 6) is 1.84. The monoisotopic (exact) mass is 544 g/mol. The van der Waals surface area contributed by atoms with Crippen molar-refractivity contribution in [3.63, 3.8) is 0 Å². The predicted octanol–water partition coefficient (Wildman–Crippen LogP) is 8.64. The summed E-state index contributed by atoms with van der Waals surface area (Å²) in [6, 6.07) is 6.30. The third kappa shape index (κ3) is 6.34. The number of hydrogen-bond acceptors (Lipinski definition) is 4. The van der Waals surface area contributed by atoms with Gasteiger partial charge in [0.05, 0.1) is 13.2 Å². The molecule has 0 unspecified atom stereocenters. The van der Waals surface area contributed by atoms with E-state index in [9.17, 15) is 4.79 Å². The van der Waals surface area contributed by atoms with Gasteiger partial charge in [-0.2, -0.15) is 0 Å². The molecule has 2 aliphatic carbocycles. The van der Waals surface area contributed by atoms with E-state index < -0.39 is 16.6 Å². The number of ketones is 1. The van der Waals surface area contributed by atoms with Crippen molar-refractivity contribution >= 4 is 22.4 Å². The molecule has 0 fully saturated rings. The Bertz CT molecular complexity index is 1030. The summed E-state index contributed by atoms with van der Waals surface area (Å²) in [6.07, 6.45) is 3.05. The van der Waals surface area contributed by atoms with Gasteiger partial charge in [0.25, 0.3) is 0 Å². The Morgan fingerprint density at radius 2 is 1.59 bits per heavy atom. The first-order chi connectivity index (χ1) is 16.9. The van der Waals surface area contributed by atoms with Gasteiger partial charge in [-0.3, -0.25) is 4.79 Å². The Labute approximate surface area is 228 Å². The number of benzene rings is 1. The molecule has 2 aliphatic rings. The van der Waals surface area contributed by atoms with E-state index >= 15 is 0 Å². The molecular weight excluding hydrogens is 493 g/mol. The van der Waals surface area contributed by atoms with Crippen LogP contribution in [0.1, 0.15) is 85.0 Å². The summed E-state index contributed by atoms with van der Waals surface area (Å²) in [7, 11) is -2.14. The maximum absolute atomic E-state index is 13.5. The van der Waals surface area contributed by atoms with Crippen LogP contribution in [0.5, 0.6) is 5.75 Å². The molecule has 0 heterocycles. The zero-order valence-electron chi connectivity index (χ0n) is 25.6. The Morgan fingerprint density at radius 3 is 2.16 bits per heavy atom. The largest absolute Gasteiger partial charge is 0.496 e. The summed E-state index contributed by atoms with van der Waals surface area (Å²) in [5.41, 5.74) is 4.69. The standard InChI is InChI=1S/C31H52O4Si2/c1-21(20-34-36(9,10)30(2,3)4)16-17-24-26(32)19-22-18-25-23(14-13-15-27(25)33-8)29(28(22)24)35-37(11,12)31(5,6)7/h13-15,21-22,29H,16-20H2,1-12H3/t21-,22+,29-/m1/s1. The van der Waals surface area contributed by atoms with Gasteiger partial charge >= 0.3 is 0 Å². The highest BCUT2D eigenvalue weighted by molar-refractivity contribution is 6.74. The summed E-state index contributed by atoms with van der Waals surface area (Å²) >= 11 is 0. The van der Waals surface area contributed by atoms with E-state index in [2.05, 4.69) is 86.8 Å². The molecule has 3 atom stereocenters. The maximum Gasteiger partial charge on any atom is 0.193 e. The highest BCUT2D eigenvalue weighted by Gasteiger charge is 2.47. The fourth-order valence-corrected chi connectivity index (χ4v) is 7.32. The lowest BCUT2D eigenvalue weighted by atomic mass is 9.78. The number of carbonyl (C=O) groups excluding carboxylic acids is 1. The first-order valence-electron chi connectivity index (χ1n) is 14.1. The summed E-state index contributed by atoms with van der Waals surface area (Å²) in [6.45, 7) is 26.0. The van der Waals surface area contributed by atoms with Crippen molar-refractivity contribution in [1.82, 2.24) is 0 Å². The molecule has 37 heavy (non-hydrogen) atoms. The summed E-state index contributed by atoms with van der Waals surface area (Å²) in [4.78, 5) is 13.5. The second-order valence-electron chi connectivity index (χ2n) is 14.5. The van der Waals surface area contributed by atoms with Crippen molar-refractivity contribution in [3.05, 3.63) is 40.5 Å². The van der Waals surface area contributed by atoms with Gasteiger partial charge in [-0.1, -0.05) is 60.6 Å². The van der Waals surface area contributed by atoms with Crippen molar-refractivity contribution in [2.75, 3.05) is 13.7 Å². The van der Waals surface area contributed by atoms with Gasteiger partial charge in [-0.25, -0.2) is 0 Å². The smallest absolute Gasteiger partial charge is 0.193 e. The van der Waals surface area contributed by atoms with Crippen molar-refractivity contribution in [2.24, 2.45) is 11.8 Å². The highest BCUT2D eigenvalue weighted by Crippen LogP contribution is 2.52. The number of ether oxygens (including phenoxy) is 1. The molecule has 4 nitrogen and oxygen atoms in total. The van der Waals surface area contributed by atoms with Crippen molar-refractivity contribution in [1.29, 1.82) is 0 Å². The second kappa shape index (κ2) is 10.7.